The summed E-state index contributed by atoms with van der Waals surface area (Å²) >= 11 is 0. The second-order valence-corrected chi connectivity index (χ2v) is 1.54. The largest absolute Gasteiger partial charge is 0.481 e. The van der Waals surface area contributed by atoms with Crippen molar-refractivity contribution in [2.45, 2.75) is 12.5 Å². The zero-order valence-electron chi connectivity index (χ0n) is 5.57. The van der Waals surface area contributed by atoms with E-state index in [0.29, 0.717) is 0 Å². The van der Waals surface area contributed by atoms with E-state index in [9.17, 15) is 9.59 Å². The van der Waals surface area contributed by atoms with Gasteiger partial charge in [0.1, 0.15) is 6.04 Å². The maximum absolute atomic E-state index is 9.85. The Morgan fingerprint density at radius 1 is 1.40 bits per heavy atom. The predicted molar refractivity (Wildman–Crippen MR) is 33.6 cm³/mol. The number of hydrogen-bond donors (Lipinski definition) is 3. The second-order valence-electron chi connectivity index (χ2n) is 1.54. The van der Waals surface area contributed by atoms with E-state index < -0.39 is 24.4 Å². The maximum atomic E-state index is 9.85. The normalized spacial score (nSPS) is 11.3. The van der Waals surface area contributed by atoms with Crippen LogP contribution < -0.4 is 5.73 Å². The Kier molecular flexibility index (Phi) is 6.46. The molecule has 0 aromatic heterocycles. The molecule has 53 valence electrons. The topological polar surface area (TPSA) is 101 Å². The van der Waals surface area contributed by atoms with Crippen LogP contribution in [0.5, 0.6) is 0 Å². The van der Waals surface area contributed by atoms with Gasteiger partial charge in [0.15, 0.2) is 0 Å². The number of nitrogens with two attached hydrogens (primary N) is 1. The number of rotatable bonds is 3. The summed E-state index contributed by atoms with van der Waals surface area (Å²) in [4.78, 5) is 19.6. The maximum Gasteiger partial charge on any atom is 0.321 e. The van der Waals surface area contributed by atoms with Gasteiger partial charge in [-0.25, -0.2) is 0 Å². The quantitative estimate of drug-likeness (QED) is 0.414. The standard InChI is InChI=1S/C4H7NO4.Li/c5-2(4(8)9)1-3(6)7;/h2H,1,5H2,(H,6,7)(H,8,9);/t2-;/m0./s1. The van der Waals surface area contributed by atoms with Gasteiger partial charge in [-0.3, -0.25) is 9.59 Å². The number of carbonyl (C=O) groups is 2. The smallest absolute Gasteiger partial charge is 0.321 e. The first-order chi connectivity index (χ1) is 4.04. The molecule has 0 aromatic carbocycles. The van der Waals surface area contributed by atoms with Crippen LogP contribution in [-0.2, 0) is 9.59 Å². The molecule has 1 atom stereocenters. The Morgan fingerprint density at radius 2 is 1.80 bits per heavy atom. The summed E-state index contributed by atoms with van der Waals surface area (Å²) in [6, 6.07) is -1.29. The van der Waals surface area contributed by atoms with Gasteiger partial charge in [0.2, 0.25) is 0 Å². The van der Waals surface area contributed by atoms with E-state index in [1.54, 1.807) is 0 Å². The summed E-state index contributed by atoms with van der Waals surface area (Å²) in [7, 11) is 0. The van der Waals surface area contributed by atoms with E-state index >= 15 is 0 Å². The Morgan fingerprint density at radius 3 is 1.90 bits per heavy atom. The molecule has 0 aliphatic rings. The Hall–Kier alpha value is -0.503. The molecule has 0 bridgehead atoms. The molecule has 0 unspecified atom stereocenters. The SMILES string of the molecule is N[C@@H](CC(=O)O)C(=O)O.[Li]. The summed E-state index contributed by atoms with van der Waals surface area (Å²) in [5, 5.41) is 16.0. The molecule has 5 nitrogen and oxygen atoms in total. The average Bonchev–Trinajstić information content (AvgIpc) is 1.63. The van der Waals surface area contributed by atoms with E-state index in [0.717, 1.165) is 0 Å². The van der Waals surface area contributed by atoms with Crippen LogP contribution in [0.25, 0.3) is 0 Å². The number of hydrogen-bond acceptors (Lipinski definition) is 3. The van der Waals surface area contributed by atoms with Gasteiger partial charge >= 0.3 is 11.9 Å². The van der Waals surface area contributed by atoms with Crippen molar-refractivity contribution in [1.29, 1.82) is 0 Å². The fourth-order valence-corrected chi connectivity index (χ4v) is 0.275. The van der Waals surface area contributed by atoms with Crippen LogP contribution in [0.3, 0.4) is 0 Å². The molecule has 0 aliphatic heterocycles. The number of aliphatic carboxylic acids is 2. The van der Waals surface area contributed by atoms with E-state index in [1.807, 2.05) is 0 Å². The minimum Gasteiger partial charge on any atom is -0.481 e. The first-order valence-corrected chi connectivity index (χ1v) is 2.24. The summed E-state index contributed by atoms with van der Waals surface area (Å²) in [6.45, 7) is 0. The summed E-state index contributed by atoms with van der Waals surface area (Å²) in [5.74, 6) is -2.50. The molecule has 0 spiro atoms. The van der Waals surface area contributed by atoms with Gasteiger partial charge in [0.25, 0.3) is 0 Å². The van der Waals surface area contributed by atoms with Crippen molar-refractivity contribution in [3.05, 3.63) is 0 Å². The second kappa shape index (κ2) is 5.30. The first kappa shape index (κ1) is 12.2. The first-order valence-electron chi connectivity index (χ1n) is 2.24. The summed E-state index contributed by atoms with van der Waals surface area (Å²) < 4.78 is 0. The van der Waals surface area contributed by atoms with Crippen molar-refractivity contribution in [3.63, 3.8) is 0 Å². The van der Waals surface area contributed by atoms with Crippen LogP contribution in [0.4, 0.5) is 0 Å². The fraction of sp³-hybridized carbons (Fsp3) is 0.500. The molecule has 0 fully saturated rings. The molecule has 0 rings (SSSR count). The van der Waals surface area contributed by atoms with Gasteiger partial charge in [-0.2, -0.15) is 0 Å². The van der Waals surface area contributed by atoms with Gasteiger partial charge in [-0.1, -0.05) is 0 Å². The van der Waals surface area contributed by atoms with E-state index in [1.165, 1.54) is 0 Å². The molecule has 10 heavy (non-hydrogen) atoms. The Bertz CT molecular complexity index is 137. The van der Waals surface area contributed by atoms with Gasteiger partial charge < -0.3 is 15.9 Å². The van der Waals surface area contributed by atoms with Crippen LogP contribution in [-0.4, -0.2) is 47.1 Å². The third kappa shape index (κ3) is 5.63. The molecular weight excluding hydrogens is 133 g/mol. The third-order valence-corrected chi connectivity index (χ3v) is 0.712. The number of carboxylic acid groups (broad SMARTS) is 2. The van der Waals surface area contributed by atoms with Crippen LogP contribution in [0.15, 0.2) is 0 Å². The summed E-state index contributed by atoms with van der Waals surface area (Å²) in [6.07, 6.45) is -0.532. The van der Waals surface area contributed by atoms with Crippen molar-refractivity contribution >= 4 is 30.8 Å². The zero-order valence-corrected chi connectivity index (χ0v) is 5.57. The van der Waals surface area contributed by atoms with E-state index in [2.05, 4.69) is 0 Å². The molecule has 0 saturated heterocycles. The van der Waals surface area contributed by atoms with Crippen molar-refractivity contribution < 1.29 is 19.8 Å². The summed E-state index contributed by atoms with van der Waals surface area (Å²) in [5.41, 5.74) is 4.84. The van der Waals surface area contributed by atoms with E-state index in [4.69, 9.17) is 15.9 Å². The van der Waals surface area contributed by atoms with Gasteiger partial charge in [0, 0.05) is 18.9 Å². The molecule has 0 saturated carbocycles. The van der Waals surface area contributed by atoms with Gasteiger partial charge in [-0.05, 0) is 0 Å². The molecule has 6 heteroatoms. The van der Waals surface area contributed by atoms with Crippen LogP contribution in [0.1, 0.15) is 6.42 Å². The van der Waals surface area contributed by atoms with Crippen LogP contribution >= 0.6 is 0 Å². The molecule has 0 amide bonds. The van der Waals surface area contributed by atoms with Crippen molar-refractivity contribution in [3.8, 4) is 0 Å². The van der Waals surface area contributed by atoms with Crippen molar-refractivity contribution in [1.82, 2.24) is 0 Å². The van der Waals surface area contributed by atoms with Crippen LogP contribution in [0.2, 0.25) is 0 Å². The predicted octanol–water partition coefficient (Wildman–Crippen LogP) is -1.51. The van der Waals surface area contributed by atoms with Gasteiger partial charge in [-0.15, -0.1) is 0 Å². The van der Waals surface area contributed by atoms with E-state index in [-0.39, 0.29) is 18.9 Å². The van der Waals surface area contributed by atoms with Gasteiger partial charge in [0.05, 0.1) is 6.42 Å². The molecular formula is C4H7LiNO4. The Balaban J connectivity index is 0. The minimum atomic E-state index is -1.29. The van der Waals surface area contributed by atoms with Crippen molar-refractivity contribution in [2.24, 2.45) is 5.73 Å². The molecule has 0 aliphatic carbocycles. The fourth-order valence-electron chi connectivity index (χ4n) is 0.275. The molecule has 0 aromatic rings. The zero-order chi connectivity index (χ0) is 7.44. The van der Waals surface area contributed by atoms with Crippen LogP contribution in [0, 0.1) is 0 Å². The van der Waals surface area contributed by atoms with Crippen molar-refractivity contribution in [2.75, 3.05) is 0 Å². The average molecular weight is 140 g/mol. The molecule has 0 heterocycles. The molecule has 4 N–H and O–H groups in total. The minimum absolute atomic E-state index is 0. The number of carboxylic acids is 2. The monoisotopic (exact) mass is 140 g/mol. The third-order valence-electron chi connectivity index (χ3n) is 0.712. The Labute approximate surface area is 69.4 Å². The molecule has 1 radical (unpaired) electrons.